The fourth-order valence-corrected chi connectivity index (χ4v) is 2.68. The molecule has 1 aromatic rings. The minimum absolute atomic E-state index is 0.0656. The fraction of sp³-hybridized carbons (Fsp3) is 0.500. The van der Waals surface area contributed by atoms with Crippen LogP contribution in [-0.4, -0.2) is 41.0 Å². The van der Waals surface area contributed by atoms with Crippen molar-refractivity contribution in [1.29, 1.82) is 0 Å². The number of pyridine rings is 1. The van der Waals surface area contributed by atoms with Gasteiger partial charge in [0.05, 0.1) is 5.56 Å². The Morgan fingerprint density at radius 2 is 2.06 bits per heavy atom. The third-order valence-electron chi connectivity index (χ3n) is 3.54. The average molecular weight is 232 g/mol. The van der Waals surface area contributed by atoms with Gasteiger partial charge in [-0.15, -0.1) is 0 Å². The quantitative estimate of drug-likeness (QED) is 0.727. The standard InChI is InChI=1S/C12H16N4O/c13-11-4-1-8(5-14-11)12(17)16-6-9-2-3-10(7-16)15-9/h1,4-5,9-10,15H,2-3,6-7H2,(H2,13,14). The third-order valence-corrected chi connectivity index (χ3v) is 3.54. The molecule has 2 aliphatic rings. The number of rotatable bonds is 1. The van der Waals surface area contributed by atoms with Crippen molar-refractivity contribution in [2.45, 2.75) is 24.9 Å². The summed E-state index contributed by atoms with van der Waals surface area (Å²) in [6.45, 7) is 1.61. The van der Waals surface area contributed by atoms with Crippen molar-refractivity contribution in [3.05, 3.63) is 23.9 Å². The van der Waals surface area contributed by atoms with Crippen molar-refractivity contribution in [2.75, 3.05) is 18.8 Å². The summed E-state index contributed by atoms with van der Waals surface area (Å²) in [6, 6.07) is 4.36. The molecule has 2 bridgehead atoms. The van der Waals surface area contributed by atoms with Gasteiger partial charge in [-0.2, -0.15) is 0 Å². The first-order chi connectivity index (χ1) is 8.22. The van der Waals surface area contributed by atoms with Crippen LogP contribution in [0.2, 0.25) is 0 Å². The lowest BCUT2D eigenvalue weighted by Gasteiger charge is -2.32. The van der Waals surface area contributed by atoms with Crippen molar-refractivity contribution in [3.8, 4) is 0 Å². The first-order valence-corrected chi connectivity index (χ1v) is 5.99. The Morgan fingerprint density at radius 3 is 2.65 bits per heavy atom. The van der Waals surface area contributed by atoms with Gasteiger partial charge in [-0.25, -0.2) is 4.98 Å². The van der Waals surface area contributed by atoms with Crippen molar-refractivity contribution >= 4 is 11.7 Å². The molecule has 0 saturated carbocycles. The van der Waals surface area contributed by atoms with E-state index in [9.17, 15) is 4.79 Å². The number of anilines is 1. The number of carbonyl (C=O) groups excluding carboxylic acids is 1. The molecule has 2 fully saturated rings. The molecule has 0 spiro atoms. The molecule has 5 nitrogen and oxygen atoms in total. The topological polar surface area (TPSA) is 71.2 Å². The second-order valence-electron chi connectivity index (χ2n) is 4.82. The first kappa shape index (κ1) is 10.5. The molecule has 2 atom stereocenters. The Balaban J connectivity index is 1.76. The molecule has 3 heterocycles. The normalized spacial score (nSPS) is 27.2. The van der Waals surface area contributed by atoms with E-state index in [1.807, 2.05) is 4.90 Å². The number of aromatic nitrogens is 1. The molecule has 3 rings (SSSR count). The van der Waals surface area contributed by atoms with Crippen LogP contribution in [0, 0.1) is 0 Å². The van der Waals surface area contributed by atoms with E-state index in [4.69, 9.17) is 5.73 Å². The van der Waals surface area contributed by atoms with Crippen molar-refractivity contribution in [3.63, 3.8) is 0 Å². The van der Waals surface area contributed by atoms with Gasteiger partial charge in [-0.1, -0.05) is 0 Å². The predicted octanol–water partition coefficient (Wildman–Crippen LogP) is 0.240. The summed E-state index contributed by atoms with van der Waals surface area (Å²) in [4.78, 5) is 18.1. The number of carbonyl (C=O) groups is 1. The number of nitrogens with zero attached hydrogens (tertiary/aromatic N) is 2. The highest BCUT2D eigenvalue weighted by molar-refractivity contribution is 5.94. The summed E-state index contributed by atoms with van der Waals surface area (Å²) >= 11 is 0. The van der Waals surface area contributed by atoms with E-state index in [-0.39, 0.29) is 5.91 Å². The Morgan fingerprint density at radius 1 is 1.35 bits per heavy atom. The van der Waals surface area contributed by atoms with Crippen LogP contribution in [0.4, 0.5) is 5.82 Å². The molecular weight excluding hydrogens is 216 g/mol. The van der Waals surface area contributed by atoms with Crippen LogP contribution in [0.1, 0.15) is 23.2 Å². The molecule has 2 aliphatic heterocycles. The maximum absolute atomic E-state index is 12.2. The van der Waals surface area contributed by atoms with E-state index in [1.165, 1.54) is 12.8 Å². The Bertz CT molecular complexity index is 419. The van der Waals surface area contributed by atoms with Gasteiger partial charge in [0.1, 0.15) is 5.82 Å². The molecule has 1 amide bonds. The second kappa shape index (κ2) is 4.00. The smallest absolute Gasteiger partial charge is 0.255 e. The van der Waals surface area contributed by atoms with Gasteiger partial charge in [-0.3, -0.25) is 4.79 Å². The lowest BCUT2D eigenvalue weighted by atomic mass is 10.2. The van der Waals surface area contributed by atoms with Crippen LogP contribution in [0.15, 0.2) is 18.3 Å². The van der Waals surface area contributed by atoms with Crippen LogP contribution in [0.5, 0.6) is 0 Å². The Hall–Kier alpha value is -1.62. The summed E-state index contributed by atoms with van der Waals surface area (Å²) in [5.41, 5.74) is 6.14. The SMILES string of the molecule is Nc1ccc(C(=O)N2CC3CCC(C2)N3)cn1. The highest BCUT2D eigenvalue weighted by atomic mass is 16.2. The predicted molar refractivity (Wildman–Crippen MR) is 64.5 cm³/mol. The zero-order valence-corrected chi connectivity index (χ0v) is 9.60. The van der Waals surface area contributed by atoms with E-state index in [2.05, 4.69) is 10.3 Å². The summed E-state index contributed by atoms with van der Waals surface area (Å²) in [6.07, 6.45) is 3.91. The van der Waals surface area contributed by atoms with Gasteiger partial charge in [0.25, 0.3) is 5.91 Å². The molecule has 1 aromatic heterocycles. The van der Waals surface area contributed by atoms with E-state index < -0.39 is 0 Å². The van der Waals surface area contributed by atoms with E-state index in [0.29, 0.717) is 23.5 Å². The minimum atomic E-state index is 0.0656. The highest BCUT2D eigenvalue weighted by Gasteiger charge is 2.34. The number of hydrogen-bond acceptors (Lipinski definition) is 4. The molecule has 90 valence electrons. The van der Waals surface area contributed by atoms with Crippen molar-refractivity contribution < 1.29 is 4.79 Å². The largest absolute Gasteiger partial charge is 0.384 e. The Labute approximate surface area is 100 Å². The van der Waals surface area contributed by atoms with E-state index in [0.717, 1.165) is 13.1 Å². The van der Waals surface area contributed by atoms with Crippen molar-refractivity contribution in [2.24, 2.45) is 0 Å². The molecule has 2 unspecified atom stereocenters. The number of hydrogen-bond donors (Lipinski definition) is 2. The molecule has 0 radical (unpaired) electrons. The number of amides is 1. The number of likely N-dealkylation sites (tertiary alicyclic amines) is 1. The zero-order valence-electron chi connectivity index (χ0n) is 9.60. The summed E-state index contributed by atoms with van der Waals surface area (Å²) in [7, 11) is 0. The molecule has 5 heteroatoms. The number of nitrogens with two attached hydrogens (primary N) is 1. The van der Waals surface area contributed by atoms with Gasteiger partial charge >= 0.3 is 0 Å². The van der Waals surface area contributed by atoms with E-state index >= 15 is 0 Å². The number of nitrogen functional groups attached to an aromatic ring is 1. The Kier molecular flexibility index (Phi) is 2.48. The number of piperazine rings is 1. The summed E-state index contributed by atoms with van der Waals surface area (Å²) < 4.78 is 0. The minimum Gasteiger partial charge on any atom is -0.384 e. The van der Waals surface area contributed by atoms with Crippen LogP contribution in [-0.2, 0) is 0 Å². The molecular formula is C12H16N4O. The lowest BCUT2D eigenvalue weighted by molar-refractivity contribution is 0.0697. The lowest BCUT2D eigenvalue weighted by Crippen LogP contribution is -2.53. The first-order valence-electron chi connectivity index (χ1n) is 5.99. The van der Waals surface area contributed by atoms with Gasteiger partial charge in [0, 0.05) is 31.4 Å². The van der Waals surface area contributed by atoms with Crippen molar-refractivity contribution in [1.82, 2.24) is 15.2 Å². The number of fused-ring (bicyclic) bond motifs is 2. The monoisotopic (exact) mass is 232 g/mol. The van der Waals surface area contributed by atoms with Crippen LogP contribution < -0.4 is 11.1 Å². The van der Waals surface area contributed by atoms with Gasteiger partial charge in [0.15, 0.2) is 0 Å². The molecule has 0 aliphatic carbocycles. The van der Waals surface area contributed by atoms with Crippen LogP contribution >= 0.6 is 0 Å². The second-order valence-corrected chi connectivity index (χ2v) is 4.82. The highest BCUT2D eigenvalue weighted by Crippen LogP contribution is 2.21. The van der Waals surface area contributed by atoms with Gasteiger partial charge in [0.2, 0.25) is 0 Å². The van der Waals surface area contributed by atoms with E-state index in [1.54, 1.807) is 18.3 Å². The van der Waals surface area contributed by atoms with Gasteiger partial charge in [-0.05, 0) is 25.0 Å². The van der Waals surface area contributed by atoms with Gasteiger partial charge < -0.3 is 16.0 Å². The maximum Gasteiger partial charge on any atom is 0.255 e. The molecule has 0 aromatic carbocycles. The number of nitrogens with one attached hydrogen (secondary N) is 1. The average Bonchev–Trinajstić information content (AvgIpc) is 2.68. The zero-order chi connectivity index (χ0) is 11.8. The molecule has 3 N–H and O–H groups in total. The fourth-order valence-electron chi connectivity index (χ4n) is 2.68. The summed E-state index contributed by atoms with van der Waals surface area (Å²) in [5, 5.41) is 3.51. The summed E-state index contributed by atoms with van der Waals surface area (Å²) in [5.74, 6) is 0.512. The van der Waals surface area contributed by atoms with Crippen LogP contribution in [0.3, 0.4) is 0 Å². The molecule has 2 saturated heterocycles. The third kappa shape index (κ3) is 1.98. The van der Waals surface area contributed by atoms with Crippen LogP contribution in [0.25, 0.3) is 0 Å². The maximum atomic E-state index is 12.2. The molecule has 17 heavy (non-hydrogen) atoms.